The normalized spacial score (nSPS) is 12.9. The topological polar surface area (TPSA) is 8.17 Å². The molecule has 2 heteroatoms. The maximum atomic E-state index is 2.38. The summed E-state index contributed by atoms with van der Waals surface area (Å²) < 4.78 is 2.37. The van der Waals surface area contributed by atoms with Crippen LogP contribution in [0.15, 0.2) is 243 Å². The van der Waals surface area contributed by atoms with Gasteiger partial charge in [-0.05, 0) is 134 Å². The summed E-state index contributed by atoms with van der Waals surface area (Å²) >= 11 is 0. The standard InChI is InChI=1S/C62H42N2/c1-2-16-46(17-3-1)63(48-37-31-43(32-38-48)44-33-39-49(40-34-44)64-59-27-12-7-20-52(59)53-21-8-13-28-60(53)64)47-35-29-42(30-36-47)41-45-15-14-26-58-61(45)54-22-6-11-25-57(54)62(58)55-23-9-4-18-50(55)51-19-5-10-24-56(51)62/h1-40H,41H2. The largest absolute Gasteiger partial charge is 0.311 e. The quantitative estimate of drug-likeness (QED) is 0.156. The van der Waals surface area contributed by atoms with E-state index in [2.05, 4.69) is 252 Å². The van der Waals surface area contributed by atoms with Gasteiger partial charge in [-0.3, -0.25) is 0 Å². The summed E-state index contributed by atoms with van der Waals surface area (Å²) in [6.45, 7) is 0. The molecule has 0 bridgehead atoms. The molecule has 1 heterocycles. The lowest BCUT2D eigenvalue weighted by Gasteiger charge is -2.30. The minimum Gasteiger partial charge on any atom is -0.311 e. The van der Waals surface area contributed by atoms with Crippen molar-refractivity contribution in [1.29, 1.82) is 0 Å². The van der Waals surface area contributed by atoms with Crippen LogP contribution in [0.5, 0.6) is 0 Å². The molecule has 0 saturated heterocycles. The minimum absolute atomic E-state index is 0.332. The molecule has 0 aliphatic heterocycles. The average molecular weight is 815 g/mol. The second kappa shape index (κ2) is 14.4. The van der Waals surface area contributed by atoms with E-state index in [4.69, 9.17) is 0 Å². The lowest BCUT2D eigenvalue weighted by atomic mass is 9.70. The number of hydrogen-bond donors (Lipinski definition) is 0. The van der Waals surface area contributed by atoms with E-state index >= 15 is 0 Å². The molecule has 2 aliphatic rings. The van der Waals surface area contributed by atoms with Crippen molar-refractivity contribution < 1.29 is 0 Å². The van der Waals surface area contributed by atoms with Gasteiger partial charge in [0.25, 0.3) is 0 Å². The van der Waals surface area contributed by atoms with Gasteiger partial charge in [-0.15, -0.1) is 0 Å². The first kappa shape index (κ1) is 36.5. The minimum atomic E-state index is -0.332. The molecule has 1 aromatic heterocycles. The van der Waals surface area contributed by atoms with Gasteiger partial charge in [-0.2, -0.15) is 0 Å². The number of nitrogens with zero attached hydrogens (tertiary/aromatic N) is 2. The zero-order valence-corrected chi connectivity index (χ0v) is 35.2. The molecule has 300 valence electrons. The lowest BCUT2D eigenvalue weighted by Crippen LogP contribution is -2.25. The molecule has 10 aromatic carbocycles. The summed E-state index contributed by atoms with van der Waals surface area (Å²) in [6, 6.07) is 89.4. The summed E-state index contributed by atoms with van der Waals surface area (Å²) in [7, 11) is 0. The molecule has 1 spiro atoms. The smallest absolute Gasteiger partial charge is 0.0725 e. The van der Waals surface area contributed by atoms with Gasteiger partial charge in [0.1, 0.15) is 0 Å². The number of hydrogen-bond acceptors (Lipinski definition) is 1. The predicted molar refractivity (Wildman–Crippen MR) is 266 cm³/mol. The molecular weight excluding hydrogens is 773 g/mol. The second-order valence-corrected chi connectivity index (χ2v) is 17.2. The molecule has 0 amide bonds. The molecule has 0 saturated carbocycles. The Morgan fingerprint density at radius 1 is 0.344 bits per heavy atom. The van der Waals surface area contributed by atoms with Crippen LogP contribution in [0.3, 0.4) is 0 Å². The molecule has 2 nitrogen and oxygen atoms in total. The van der Waals surface area contributed by atoms with Crippen molar-refractivity contribution in [2.24, 2.45) is 0 Å². The molecule has 0 atom stereocenters. The molecule has 0 fully saturated rings. The summed E-state index contributed by atoms with van der Waals surface area (Å²) in [4.78, 5) is 2.36. The third-order valence-electron chi connectivity index (χ3n) is 13.9. The van der Waals surface area contributed by atoms with Crippen molar-refractivity contribution in [3.63, 3.8) is 0 Å². The van der Waals surface area contributed by atoms with E-state index in [0.717, 1.165) is 29.2 Å². The number of anilines is 3. The van der Waals surface area contributed by atoms with Crippen molar-refractivity contribution in [2.75, 3.05) is 4.90 Å². The number of aromatic nitrogens is 1. The van der Waals surface area contributed by atoms with Crippen molar-refractivity contribution >= 4 is 38.9 Å². The lowest BCUT2D eigenvalue weighted by molar-refractivity contribution is 0.793. The van der Waals surface area contributed by atoms with E-state index in [-0.39, 0.29) is 5.41 Å². The number of benzene rings is 10. The van der Waals surface area contributed by atoms with Gasteiger partial charge < -0.3 is 9.47 Å². The Morgan fingerprint density at radius 2 is 0.797 bits per heavy atom. The van der Waals surface area contributed by atoms with Gasteiger partial charge in [-0.25, -0.2) is 0 Å². The highest BCUT2D eigenvalue weighted by Gasteiger charge is 2.51. The third kappa shape index (κ3) is 5.39. The second-order valence-electron chi connectivity index (χ2n) is 17.2. The SMILES string of the molecule is c1ccc(N(c2ccc(Cc3cccc4c3-c3ccccc3C43c4ccccc4-c4ccccc43)cc2)c2ccc(-c3ccc(-n4c5ccccc5c5ccccc54)cc3)cc2)cc1. The van der Waals surface area contributed by atoms with Crippen LogP contribution in [-0.4, -0.2) is 4.57 Å². The van der Waals surface area contributed by atoms with Crippen molar-refractivity contribution in [1.82, 2.24) is 4.57 Å². The van der Waals surface area contributed by atoms with E-state index in [1.807, 2.05) is 0 Å². The van der Waals surface area contributed by atoms with Gasteiger partial charge in [0.2, 0.25) is 0 Å². The highest BCUT2D eigenvalue weighted by Crippen LogP contribution is 2.63. The zero-order chi connectivity index (χ0) is 42.2. The van der Waals surface area contributed by atoms with E-state index in [1.54, 1.807) is 0 Å². The van der Waals surface area contributed by atoms with Crippen LogP contribution in [0.25, 0.3) is 60.9 Å². The van der Waals surface area contributed by atoms with Gasteiger partial charge in [0.05, 0.1) is 16.4 Å². The van der Waals surface area contributed by atoms with E-state index in [0.29, 0.717) is 0 Å². The van der Waals surface area contributed by atoms with Gasteiger partial charge in [0.15, 0.2) is 0 Å². The Bertz CT molecular complexity index is 3460. The Kier molecular flexibility index (Phi) is 8.23. The van der Waals surface area contributed by atoms with E-state index in [9.17, 15) is 0 Å². The fourth-order valence-electron chi connectivity index (χ4n) is 11.2. The predicted octanol–water partition coefficient (Wildman–Crippen LogP) is 15.9. The van der Waals surface area contributed by atoms with E-state index < -0.39 is 0 Å². The summed E-state index contributed by atoms with van der Waals surface area (Å²) in [5.74, 6) is 0. The molecule has 11 aromatic rings. The van der Waals surface area contributed by atoms with E-state index in [1.165, 1.54) is 88.6 Å². The molecule has 2 aliphatic carbocycles. The maximum absolute atomic E-state index is 2.38. The zero-order valence-electron chi connectivity index (χ0n) is 35.2. The Labute approximate surface area is 373 Å². The summed E-state index contributed by atoms with van der Waals surface area (Å²) in [5.41, 5.74) is 22.6. The van der Waals surface area contributed by atoms with Crippen molar-refractivity contribution in [3.05, 3.63) is 276 Å². The maximum Gasteiger partial charge on any atom is 0.0725 e. The van der Waals surface area contributed by atoms with Crippen molar-refractivity contribution in [3.8, 4) is 39.1 Å². The molecule has 64 heavy (non-hydrogen) atoms. The van der Waals surface area contributed by atoms with Gasteiger partial charge in [0, 0.05) is 33.5 Å². The fraction of sp³-hybridized carbons (Fsp3) is 0.0323. The Balaban J connectivity index is 0.824. The number of fused-ring (bicyclic) bond motifs is 13. The Morgan fingerprint density at radius 3 is 1.41 bits per heavy atom. The molecule has 0 unspecified atom stereocenters. The average Bonchev–Trinajstić information content (AvgIpc) is 3.98. The first-order chi connectivity index (χ1) is 31.8. The molecule has 0 radical (unpaired) electrons. The number of rotatable bonds is 7. The van der Waals surface area contributed by atoms with Crippen LogP contribution >= 0.6 is 0 Å². The van der Waals surface area contributed by atoms with Gasteiger partial charge >= 0.3 is 0 Å². The number of para-hydroxylation sites is 3. The first-order valence-corrected chi connectivity index (χ1v) is 22.3. The van der Waals surface area contributed by atoms with Crippen molar-refractivity contribution in [2.45, 2.75) is 11.8 Å². The third-order valence-corrected chi connectivity index (χ3v) is 13.9. The van der Waals surface area contributed by atoms with Crippen LogP contribution in [0, 0.1) is 0 Å². The molecular formula is C62H42N2. The fourth-order valence-corrected chi connectivity index (χ4v) is 11.2. The van der Waals surface area contributed by atoms with Crippen LogP contribution in [-0.2, 0) is 11.8 Å². The molecule has 13 rings (SSSR count). The summed E-state index contributed by atoms with van der Waals surface area (Å²) in [6.07, 6.45) is 0.840. The van der Waals surface area contributed by atoms with Crippen LogP contribution in [0.4, 0.5) is 17.1 Å². The first-order valence-electron chi connectivity index (χ1n) is 22.3. The monoisotopic (exact) mass is 814 g/mol. The van der Waals surface area contributed by atoms with Gasteiger partial charge in [-0.1, -0.05) is 182 Å². The van der Waals surface area contributed by atoms with Crippen LogP contribution in [0.1, 0.15) is 33.4 Å². The highest BCUT2D eigenvalue weighted by molar-refractivity contribution is 6.09. The Hall–Kier alpha value is -8.20. The summed E-state index contributed by atoms with van der Waals surface area (Å²) in [5, 5.41) is 2.55. The van der Waals surface area contributed by atoms with Crippen LogP contribution < -0.4 is 4.90 Å². The van der Waals surface area contributed by atoms with Crippen LogP contribution in [0.2, 0.25) is 0 Å². The highest BCUT2D eigenvalue weighted by atomic mass is 15.1. The molecule has 0 N–H and O–H groups in total.